The third-order valence-corrected chi connectivity index (χ3v) is 6.99. The lowest BCUT2D eigenvalue weighted by molar-refractivity contribution is -0.122. The molecule has 2 aliphatic heterocycles. The molecule has 10 nitrogen and oxygen atoms in total. The summed E-state index contributed by atoms with van der Waals surface area (Å²) in [7, 11) is 0. The first-order chi connectivity index (χ1) is 16.6. The van der Waals surface area contributed by atoms with Crippen LogP contribution in [0.15, 0.2) is 24.7 Å². The van der Waals surface area contributed by atoms with E-state index in [4.69, 9.17) is 4.74 Å². The number of hydrogen-bond acceptors (Lipinski definition) is 8. The van der Waals surface area contributed by atoms with Crippen molar-refractivity contribution in [1.82, 2.24) is 19.9 Å². The average Bonchev–Trinajstić information content (AvgIpc) is 3.16. The molecule has 2 fully saturated rings. The van der Waals surface area contributed by atoms with E-state index in [0.29, 0.717) is 30.3 Å². The van der Waals surface area contributed by atoms with Gasteiger partial charge in [0.2, 0.25) is 5.91 Å². The van der Waals surface area contributed by atoms with Crippen molar-refractivity contribution >= 4 is 29.5 Å². The Morgan fingerprint density at radius 1 is 1.20 bits per heavy atom. The number of pyridine rings is 1. The van der Waals surface area contributed by atoms with Crippen molar-refractivity contribution in [2.75, 3.05) is 29.4 Å². The van der Waals surface area contributed by atoms with Crippen LogP contribution in [0.1, 0.15) is 58.1 Å². The number of nitrogens with zero attached hydrogens (tertiary/aromatic N) is 7. The fraction of sp³-hybridized carbons (Fsp3) is 0.520. The lowest BCUT2D eigenvalue weighted by Crippen LogP contribution is -2.58. The van der Waals surface area contributed by atoms with Crippen molar-refractivity contribution in [2.24, 2.45) is 0 Å². The number of anilines is 3. The second kappa shape index (κ2) is 8.18. The van der Waals surface area contributed by atoms with Crippen LogP contribution < -0.4 is 9.80 Å². The second-order valence-electron chi connectivity index (χ2n) is 10.6. The summed E-state index contributed by atoms with van der Waals surface area (Å²) in [4.78, 5) is 44.9. The zero-order chi connectivity index (χ0) is 25.0. The summed E-state index contributed by atoms with van der Waals surface area (Å²) < 4.78 is 5.51. The Kier molecular flexibility index (Phi) is 5.38. The molecule has 4 heterocycles. The minimum Gasteiger partial charge on any atom is -0.444 e. The Balaban J connectivity index is 1.49. The number of carbonyl (C=O) groups is 2. The number of aromatic nitrogens is 3. The Morgan fingerprint density at radius 2 is 1.91 bits per heavy atom. The molecule has 0 unspecified atom stereocenters. The van der Waals surface area contributed by atoms with E-state index in [2.05, 4.69) is 21.0 Å². The highest BCUT2D eigenvalue weighted by atomic mass is 16.6. The van der Waals surface area contributed by atoms with E-state index >= 15 is 0 Å². The lowest BCUT2D eigenvalue weighted by atomic mass is 9.66. The molecule has 10 heteroatoms. The fourth-order valence-corrected chi connectivity index (χ4v) is 5.17. The molecule has 1 spiro atoms. The van der Waals surface area contributed by atoms with Crippen LogP contribution in [0, 0.1) is 11.3 Å². The molecule has 3 aliphatic rings. The molecule has 1 aliphatic carbocycles. The van der Waals surface area contributed by atoms with E-state index in [1.807, 2.05) is 32.6 Å². The van der Waals surface area contributed by atoms with Crippen molar-refractivity contribution in [1.29, 1.82) is 5.26 Å². The smallest absolute Gasteiger partial charge is 0.411 e. The predicted octanol–water partition coefficient (Wildman–Crippen LogP) is 3.29. The van der Waals surface area contributed by atoms with Gasteiger partial charge in [-0.15, -0.1) is 0 Å². The summed E-state index contributed by atoms with van der Waals surface area (Å²) in [5.74, 6) is 1.79. The van der Waals surface area contributed by atoms with Gasteiger partial charge in [0.1, 0.15) is 35.9 Å². The van der Waals surface area contributed by atoms with Gasteiger partial charge in [-0.05, 0) is 52.7 Å². The highest BCUT2D eigenvalue weighted by Crippen LogP contribution is 2.56. The molecule has 2 aromatic rings. The van der Waals surface area contributed by atoms with E-state index in [0.717, 1.165) is 30.6 Å². The molecule has 0 N–H and O–H groups in total. The van der Waals surface area contributed by atoms with Gasteiger partial charge in [0.05, 0.1) is 17.7 Å². The van der Waals surface area contributed by atoms with Gasteiger partial charge in [-0.2, -0.15) is 5.26 Å². The number of ether oxygens (including phenoxy) is 1. The molecule has 0 aromatic carbocycles. The van der Waals surface area contributed by atoms with Crippen LogP contribution in [0.5, 0.6) is 0 Å². The molecule has 1 atom stereocenters. The zero-order valence-corrected chi connectivity index (χ0v) is 20.5. The number of rotatable bonds is 2. The SMILES string of the molecule is C[C@@H]1CN(c2ncnc3c2C2(CCC2)CN3c2cc(C#N)ccn2)C(=O)CN1C(=O)OC(C)(C)C. The van der Waals surface area contributed by atoms with Crippen LogP contribution in [-0.4, -0.2) is 63.1 Å². The Bertz CT molecular complexity index is 1230. The number of fused-ring (bicyclic) bond motifs is 2. The van der Waals surface area contributed by atoms with E-state index in [1.54, 1.807) is 23.2 Å². The Morgan fingerprint density at radius 3 is 2.54 bits per heavy atom. The van der Waals surface area contributed by atoms with Crippen LogP contribution >= 0.6 is 0 Å². The van der Waals surface area contributed by atoms with Crippen molar-refractivity contribution in [3.05, 3.63) is 35.8 Å². The fourth-order valence-electron chi connectivity index (χ4n) is 5.17. The van der Waals surface area contributed by atoms with Crippen LogP contribution in [0.2, 0.25) is 0 Å². The quantitative estimate of drug-likeness (QED) is 0.650. The highest BCUT2D eigenvalue weighted by molar-refractivity contribution is 5.98. The molecule has 1 saturated heterocycles. The molecule has 5 rings (SSSR count). The van der Waals surface area contributed by atoms with Gasteiger partial charge in [0.25, 0.3) is 0 Å². The number of amides is 2. The standard InChI is InChI=1S/C25H29N7O3/c1-16-12-31(19(33)13-30(16)23(34)35-24(2,3)4)21-20-22(29-15-28-21)32(14-25(20)7-5-8-25)18-10-17(11-26)6-9-27-18/h6,9-10,15-16H,5,7-8,12-14H2,1-4H3/t16-/m1/s1. The predicted molar refractivity (Wildman–Crippen MR) is 128 cm³/mol. The van der Waals surface area contributed by atoms with Crippen molar-refractivity contribution in [2.45, 2.75) is 64.0 Å². The minimum atomic E-state index is -0.637. The molecule has 182 valence electrons. The largest absolute Gasteiger partial charge is 0.444 e. The van der Waals surface area contributed by atoms with Gasteiger partial charge in [0.15, 0.2) is 0 Å². The first-order valence-electron chi connectivity index (χ1n) is 11.9. The maximum Gasteiger partial charge on any atom is 0.411 e. The van der Waals surface area contributed by atoms with Gasteiger partial charge in [-0.3, -0.25) is 14.6 Å². The van der Waals surface area contributed by atoms with Gasteiger partial charge < -0.3 is 9.64 Å². The van der Waals surface area contributed by atoms with Crippen molar-refractivity contribution < 1.29 is 14.3 Å². The molecule has 0 radical (unpaired) electrons. The van der Waals surface area contributed by atoms with Gasteiger partial charge in [0, 0.05) is 30.3 Å². The highest BCUT2D eigenvalue weighted by Gasteiger charge is 2.52. The van der Waals surface area contributed by atoms with Crippen molar-refractivity contribution in [3.63, 3.8) is 0 Å². The number of nitriles is 1. The maximum atomic E-state index is 13.3. The average molecular weight is 476 g/mol. The van der Waals surface area contributed by atoms with E-state index in [9.17, 15) is 14.9 Å². The summed E-state index contributed by atoms with van der Waals surface area (Å²) in [6.07, 6.45) is 5.64. The van der Waals surface area contributed by atoms with Gasteiger partial charge in [-0.1, -0.05) is 6.42 Å². The minimum absolute atomic E-state index is 0.0721. The number of piperazine rings is 1. The van der Waals surface area contributed by atoms with E-state index in [1.165, 1.54) is 11.2 Å². The molecule has 0 bridgehead atoms. The summed E-state index contributed by atoms with van der Waals surface area (Å²) >= 11 is 0. The zero-order valence-electron chi connectivity index (χ0n) is 20.5. The van der Waals surface area contributed by atoms with Crippen LogP contribution in [0.3, 0.4) is 0 Å². The normalized spacial score (nSPS) is 20.9. The Labute approximate surface area is 204 Å². The van der Waals surface area contributed by atoms with Gasteiger partial charge in [-0.25, -0.2) is 19.7 Å². The second-order valence-corrected chi connectivity index (χ2v) is 10.6. The van der Waals surface area contributed by atoms with E-state index in [-0.39, 0.29) is 23.9 Å². The number of carbonyl (C=O) groups excluding carboxylic acids is 2. The van der Waals surface area contributed by atoms with Crippen LogP contribution in [-0.2, 0) is 14.9 Å². The van der Waals surface area contributed by atoms with Crippen LogP contribution in [0.4, 0.5) is 22.2 Å². The lowest BCUT2D eigenvalue weighted by Gasteiger charge is -2.42. The molecule has 35 heavy (non-hydrogen) atoms. The maximum absolute atomic E-state index is 13.3. The molecular weight excluding hydrogens is 446 g/mol. The monoisotopic (exact) mass is 475 g/mol. The number of hydrogen-bond donors (Lipinski definition) is 0. The van der Waals surface area contributed by atoms with E-state index < -0.39 is 11.7 Å². The molecule has 2 aromatic heterocycles. The summed E-state index contributed by atoms with van der Waals surface area (Å²) in [5.41, 5.74) is 0.688. The Hall–Kier alpha value is -3.74. The molecular formula is C25H29N7O3. The summed E-state index contributed by atoms with van der Waals surface area (Å²) in [6, 6.07) is 5.37. The summed E-state index contributed by atoms with van der Waals surface area (Å²) in [6.45, 7) is 8.26. The third-order valence-electron chi connectivity index (χ3n) is 6.99. The third kappa shape index (κ3) is 3.95. The van der Waals surface area contributed by atoms with Crippen molar-refractivity contribution in [3.8, 4) is 6.07 Å². The van der Waals surface area contributed by atoms with Crippen LogP contribution in [0.25, 0.3) is 0 Å². The first-order valence-corrected chi connectivity index (χ1v) is 11.9. The summed E-state index contributed by atoms with van der Waals surface area (Å²) in [5, 5.41) is 9.35. The first kappa shape index (κ1) is 23.0. The molecule has 2 amide bonds. The van der Waals surface area contributed by atoms with Gasteiger partial charge >= 0.3 is 6.09 Å². The molecule has 1 saturated carbocycles. The topological polar surface area (TPSA) is 116 Å².